The molecular weight excluding hydrogens is 514 g/mol. The Bertz CT molecular complexity index is 778. The van der Waals surface area contributed by atoms with E-state index in [9.17, 15) is 9.59 Å². The normalized spacial score (nSPS) is 39.2. The highest BCUT2D eigenvalue weighted by Gasteiger charge is 2.42. The molecule has 3 heterocycles. The van der Waals surface area contributed by atoms with Crippen LogP contribution in [0, 0.1) is 11.8 Å². The number of piperidine rings is 1. The summed E-state index contributed by atoms with van der Waals surface area (Å²) < 4.78 is 29.7. The fourth-order valence-electron chi connectivity index (χ4n) is 6.70. The quantitative estimate of drug-likeness (QED) is 0.509. The van der Waals surface area contributed by atoms with E-state index in [0.717, 1.165) is 84.2 Å². The fraction of sp³-hybridized carbons (Fsp3) is 0.933. The molecule has 9 atom stereocenters. The number of nitrogens with zero attached hydrogens (tertiary/aromatic N) is 2. The molecule has 3 saturated heterocycles. The number of esters is 2. The van der Waals surface area contributed by atoms with Gasteiger partial charge in [-0.2, -0.15) is 0 Å². The van der Waals surface area contributed by atoms with Crippen molar-refractivity contribution in [3.63, 3.8) is 0 Å². The molecule has 4 fully saturated rings. The maximum absolute atomic E-state index is 13.1. The predicted octanol–water partition coefficient (Wildman–Crippen LogP) is 2.24. The van der Waals surface area contributed by atoms with Gasteiger partial charge in [-0.05, 0) is 77.8 Å². The van der Waals surface area contributed by atoms with Gasteiger partial charge in [-0.15, -0.1) is 0 Å². The molecule has 10 nitrogen and oxygen atoms in total. The Kier molecular flexibility index (Phi) is 12.9. The lowest BCUT2D eigenvalue weighted by atomic mass is 9.83. The first-order chi connectivity index (χ1) is 19.5. The Morgan fingerprint density at radius 2 is 1.65 bits per heavy atom. The zero-order chi connectivity index (χ0) is 28.3. The molecule has 1 saturated carbocycles. The number of methoxy groups -OCH3 is 2. The van der Waals surface area contributed by atoms with Crippen LogP contribution in [-0.4, -0.2) is 125 Å². The van der Waals surface area contributed by atoms with Gasteiger partial charge in [0.2, 0.25) is 0 Å². The van der Waals surface area contributed by atoms with Crippen molar-refractivity contribution in [3.05, 3.63) is 0 Å². The van der Waals surface area contributed by atoms with Crippen molar-refractivity contribution >= 4 is 11.9 Å². The fourth-order valence-corrected chi connectivity index (χ4v) is 6.70. The van der Waals surface area contributed by atoms with E-state index < -0.39 is 0 Å². The standard InChI is InChI=1S/C30H53N3O7/c1-22-8-9-23(21-31-22)30(35)40-25-7-4-17-38-27-20-24(19-26(36-2)28(27)37-3)29(34)39-18-6-13-32-11-5-12-33(14-10-25)16-15-32/h22-28,31H,4-21H2,1-3H3. The molecule has 4 rings (SSSR count). The van der Waals surface area contributed by atoms with Gasteiger partial charge >= 0.3 is 11.9 Å². The highest BCUT2D eigenvalue weighted by atomic mass is 16.6. The van der Waals surface area contributed by atoms with Crippen molar-refractivity contribution < 1.29 is 33.3 Å². The van der Waals surface area contributed by atoms with Crippen LogP contribution in [0.4, 0.5) is 0 Å². The van der Waals surface area contributed by atoms with Gasteiger partial charge in [0.05, 0.1) is 30.7 Å². The van der Waals surface area contributed by atoms with Gasteiger partial charge in [-0.25, -0.2) is 0 Å². The molecule has 10 heteroatoms. The summed E-state index contributed by atoms with van der Waals surface area (Å²) in [4.78, 5) is 31.0. The van der Waals surface area contributed by atoms with Gasteiger partial charge in [0, 0.05) is 59.6 Å². The molecule has 1 aliphatic carbocycles. The van der Waals surface area contributed by atoms with Gasteiger partial charge in [0.25, 0.3) is 0 Å². The van der Waals surface area contributed by atoms with Gasteiger partial charge in [-0.1, -0.05) is 0 Å². The van der Waals surface area contributed by atoms with E-state index >= 15 is 0 Å². The Morgan fingerprint density at radius 3 is 2.38 bits per heavy atom. The average Bonchev–Trinajstić information content (AvgIpc) is 3.20. The van der Waals surface area contributed by atoms with Crippen molar-refractivity contribution in [2.45, 2.75) is 95.2 Å². The number of fused-ring (bicyclic) bond motifs is 5. The minimum atomic E-state index is -0.268. The Morgan fingerprint density at radius 1 is 0.875 bits per heavy atom. The monoisotopic (exact) mass is 567 g/mol. The molecule has 40 heavy (non-hydrogen) atoms. The number of carbonyl (C=O) groups excluding carboxylic acids is 2. The van der Waals surface area contributed by atoms with E-state index in [-0.39, 0.29) is 48.2 Å². The first-order valence-corrected chi connectivity index (χ1v) is 15.7. The van der Waals surface area contributed by atoms with Crippen LogP contribution >= 0.6 is 0 Å². The Balaban J connectivity index is 1.41. The molecule has 0 aromatic heterocycles. The van der Waals surface area contributed by atoms with E-state index in [1.54, 1.807) is 14.2 Å². The zero-order valence-electron chi connectivity index (χ0n) is 25.0. The van der Waals surface area contributed by atoms with Gasteiger partial charge in [-0.3, -0.25) is 9.59 Å². The molecule has 4 bridgehead atoms. The molecule has 4 aliphatic rings. The highest BCUT2D eigenvalue weighted by Crippen LogP contribution is 2.32. The average molecular weight is 568 g/mol. The minimum absolute atomic E-state index is 0.0662. The molecule has 0 aromatic carbocycles. The zero-order valence-corrected chi connectivity index (χ0v) is 25.0. The third-order valence-corrected chi connectivity index (χ3v) is 9.27. The highest BCUT2D eigenvalue weighted by molar-refractivity contribution is 5.73. The second-order valence-electron chi connectivity index (χ2n) is 12.2. The van der Waals surface area contributed by atoms with Crippen LogP contribution < -0.4 is 5.32 Å². The lowest BCUT2D eigenvalue weighted by molar-refractivity contribution is -0.172. The number of carbonyl (C=O) groups is 2. The number of cyclic esters (lactones) is 1. The third kappa shape index (κ3) is 9.36. The van der Waals surface area contributed by atoms with Gasteiger partial charge < -0.3 is 38.8 Å². The van der Waals surface area contributed by atoms with Crippen LogP contribution in [0.25, 0.3) is 0 Å². The summed E-state index contributed by atoms with van der Waals surface area (Å²) in [7, 11) is 3.33. The largest absolute Gasteiger partial charge is 0.465 e. The lowest BCUT2D eigenvalue weighted by Crippen LogP contribution is -2.49. The van der Waals surface area contributed by atoms with E-state index in [1.807, 2.05) is 0 Å². The molecule has 9 unspecified atom stereocenters. The predicted molar refractivity (Wildman–Crippen MR) is 151 cm³/mol. The van der Waals surface area contributed by atoms with Crippen LogP contribution in [-0.2, 0) is 33.3 Å². The third-order valence-electron chi connectivity index (χ3n) is 9.27. The van der Waals surface area contributed by atoms with E-state index in [1.165, 1.54) is 0 Å². The topological polar surface area (TPSA) is 98.8 Å². The van der Waals surface area contributed by atoms with Crippen molar-refractivity contribution in [3.8, 4) is 0 Å². The summed E-state index contributed by atoms with van der Waals surface area (Å²) in [5.74, 6) is -0.565. The van der Waals surface area contributed by atoms with Crippen LogP contribution in [0.1, 0.15) is 64.7 Å². The number of hydrogen-bond acceptors (Lipinski definition) is 10. The van der Waals surface area contributed by atoms with Crippen LogP contribution in [0.15, 0.2) is 0 Å². The number of ether oxygens (including phenoxy) is 5. The first kappa shape index (κ1) is 31.6. The molecule has 0 amide bonds. The SMILES string of the molecule is COC1CC2CC(OCCCC(OC(=O)C3CCC(C)NC3)CCN3CCCN(CCCOC2=O)CC3)C1OC. The summed E-state index contributed by atoms with van der Waals surface area (Å²) in [6, 6.07) is 0.458. The van der Waals surface area contributed by atoms with Crippen LogP contribution in [0.5, 0.6) is 0 Å². The first-order valence-electron chi connectivity index (χ1n) is 15.7. The second-order valence-corrected chi connectivity index (χ2v) is 12.2. The van der Waals surface area contributed by atoms with E-state index in [0.29, 0.717) is 38.6 Å². The molecule has 230 valence electrons. The molecule has 0 spiro atoms. The van der Waals surface area contributed by atoms with Gasteiger partial charge in [0.15, 0.2) is 0 Å². The van der Waals surface area contributed by atoms with Gasteiger partial charge in [0.1, 0.15) is 12.2 Å². The molecule has 1 N–H and O–H groups in total. The minimum Gasteiger partial charge on any atom is -0.465 e. The summed E-state index contributed by atoms with van der Waals surface area (Å²) in [6.07, 6.45) is 6.48. The summed E-state index contributed by atoms with van der Waals surface area (Å²) >= 11 is 0. The van der Waals surface area contributed by atoms with Crippen LogP contribution in [0.3, 0.4) is 0 Å². The van der Waals surface area contributed by atoms with E-state index in [4.69, 9.17) is 23.7 Å². The molecule has 3 aliphatic heterocycles. The number of nitrogens with one attached hydrogen (secondary N) is 1. The number of rotatable bonds is 4. The summed E-state index contributed by atoms with van der Waals surface area (Å²) in [5, 5.41) is 3.43. The number of hydrogen-bond donors (Lipinski definition) is 1. The summed E-state index contributed by atoms with van der Waals surface area (Å²) in [6.45, 7) is 9.80. The second kappa shape index (κ2) is 16.4. The lowest BCUT2D eigenvalue weighted by Gasteiger charge is -2.39. The van der Waals surface area contributed by atoms with Crippen molar-refractivity contribution in [1.82, 2.24) is 15.1 Å². The van der Waals surface area contributed by atoms with Crippen molar-refractivity contribution in [1.29, 1.82) is 0 Å². The van der Waals surface area contributed by atoms with E-state index in [2.05, 4.69) is 22.0 Å². The van der Waals surface area contributed by atoms with Crippen molar-refractivity contribution in [2.24, 2.45) is 11.8 Å². The molecule has 0 radical (unpaired) electrons. The maximum Gasteiger partial charge on any atom is 0.310 e. The smallest absolute Gasteiger partial charge is 0.310 e. The Labute approximate surface area is 240 Å². The van der Waals surface area contributed by atoms with Crippen LogP contribution in [0.2, 0.25) is 0 Å². The summed E-state index contributed by atoms with van der Waals surface area (Å²) in [5.41, 5.74) is 0. The Hall–Kier alpha value is -1.30. The van der Waals surface area contributed by atoms with Crippen molar-refractivity contribution in [2.75, 3.05) is 73.2 Å². The molecule has 0 aromatic rings. The maximum atomic E-state index is 13.1. The molecular formula is C30H53N3O7.